The van der Waals surface area contributed by atoms with Crippen molar-refractivity contribution < 1.29 is 35.7 Å². The van der Waals surface area contributed by atoms with Crippen molar-refractivity contribution >= 4 is 23.3 Å². The Hall–Kier alpha value is -2.53. The number of allylic oxidation sites excluding steroid dienone is 3. The molecule has 0 bridgehead atoms. The molecule has 0 saturated heterocycles. The molecule has 2 aromatic rings. The van der Waals surface area contributed by atoms with Gasteiger partial charge >= 0.3 is 0 Å². The molecule has 1 N–H and O–H groups in total. The second-order valence-electron chi connectivity index (χ2n) is 9.96. The van der Waals surface area contributed by atoms with Gasteiger partial charge in [0, 0.05) is 41.8 Å². The minimum atomic E-state index is -2.95. The molecule has 2 unspecified atom stereocenters. The summed E-state index contributed by atoms with van der Waals surface area (Å²) >= 11 is 6.03. The first kappa shape index (κ1) is 32.7. The Morgan fingerprint density at radius 3 is 2.56 bits per heavy atom. The topological polar surface area (TPSA) is 64.0 Å². The molecule has 0 radical (unpaired) electrons. The quantitative estimate of drug-likeness (QED) is 0.192. The van der Waals surface area contributed by atoms with E-state index in [-0.39, 0.29) is 53.2 Å². The smallest absolute Gasteiger partial charge is 0.286 e. The van der Waals surface area contributed by atoms with Crippen LogP contribution < -0.4 is 5.32 Å². The number of carbonyl (C=O) groups excluding carboxylic acids is 2. The van der Waals surface area contributed by atoms with Crippen molar-refractivity contribution in [1.29, 1.82) is 0 Å². The molecule has 0 aliphatic heterocycles. The van der Waals surface area contributed by atoms with Gasteiger partial charge in [0.05, 0.1) is 12.2 Å². The number of nitrogens with zero attached hydrogens (tertiary/aromatic N) is 2. The normalized spacial score (nSPS) is 18.9. The zero-order valence-corrected chi connectivity index (χ0v) is 24.6. The molecular weight excluding hydrogens is 560 g/mol. The van der Waals surface area contributed by atoms with Crippen molar-refractivity contribution in [3.8, 4) is 0 Å². The molecular formula is C30H35ClCrF2N3O2-. The Bertz CT molecular complexity index is 1220. The van der Waals surface area contributed by atoms with Gasteiger partial charge in [0.1, 0.15) is 5.69 Å². The van der Waals surface area contributed by atoms with Crippen LogP contribution in [0.1, 0.15) is 81.7 Å². The van der Waals surface area contributed by atoms with Crippen LogP contribution in [0.5, 0.6) is 0 Å². The summed E-state index contributed by atoms with van der Waals surface area (Å²) < 4.78 is 27.7. The molecule has 2 aliphatic carbocycles. The maximum atomic E-state index is 13.3. The summed E-state index contributed by atoms with van der Waals surface area (Å²) in [6.45, 7) is 7.87. The van der Waals surface area contributed by atoms with Gasteiger partial charge in [-0.25, -0.2) is 0 Å². The number of alkyl halides is 2. The summed E-state index contributed by atoms with van der Waals surface area (Å²) in [4.78, 5) is 23.2. The monoisotopic (exact) mass is 594 g/mol. The van der Waals surface area contributed by atoms with E-state index in [9.17, 15) is 18.4 Å². The summed E-state index contributed by atoms with van der Waals surface area (Å²) in [7, 11) is 0. The van der Waals surface area contributed by atoms with E-state index in [4.69, 9.17) is 11.6 Å². The average molecular weight is 595 g/mol. The van der Waals surface area contributed by atoms with E-state index < -0.39 is 5.92 Å². The predicted molar refractivity (Wildman–Crippen MR) is 146 cm³/mol. The van der Waals surface area contributed by atoms with E-state index in [0.717, 1.165) is 49.3 Å². The van der Waals surface area contributed by atoms with Gasteiger partial charge in [-0.05, 0) is 51.5 Å². The van der Waals surface area contributed by atoms with Crippen LogP contribution in [0.3, 0.4) is 0 Å². The van der Waals surface area contributed by atoms with Crippen LogP contribution in [0.15, 0.2) is 60.7 Å². The van der Waals surface area contributed by atoms with Crippen LogP contribution in [-0.4, -0.2) is 27.5 Å². The Morgan fingerprint density at radius 2 is 1.97 bits per heavy atom. The number of hydrogen-bond donors (Lipinski definition) is 1. The van der Waals surface area contributed by atoms with Crippen LogP contribution in [0.2, 0.25) is 5.02 Å². The summed E-state index contributed by atoms with van der Waals surface area (Å²) in [6, 6.07) is 10.5. The van der Waals surface area contributed by atoms with Crippen molar-refractivity contribution in [2.45, 2.75) is 83.2 Å². The van der Waals surface area contributed by atoms with E-state index >= 15 is 0 Å². The average Bonchev–Trinajstić information content (AvgIpc) is 3.44. The van der Waals surface area contributed by atoms with Gasteiger partial charge in [-0.15, -0.1) is 11.6 Å². The van der Waals surface area contributed by atoms with Gasteiger partial charge in [0.25, 0.3) is 11.8 Å². The number of aromatic nitrogens is 2. The van der Waals surface area contributed by atoms with E-state index in [0.29, 0.717) is 22.2 Å². The standard InChI is InChI=1S/C19H21ClNO.C11H14F2N2O.Cr/c1-3-4-5-8-14(2)19(22)21-18-12-7-11-17(18)15-9-6-10-16(20)13-15;1-7(16)6-15-10(11(2,12)13)5-9(14-15)8-3-4-8;/h3-6,8-10,17-18H,2,7,11-12H2,1H3,(H,21,22);5,8H,3-4,6H2,1-2H3;/q-1;;/b4-3-,8-5-;;. The Morgan fingerprint density at radius 1 is 1.26 bits per heavy atom. The van der Waals surface area contributed by atoms with E-state index in [2.05, 4.69) is 23.1 Å². The first-order valence-electron chi connectivity index (χ1n) is 12.9. The summed E-state index contributed by atoms with van der Waals surface area (Å²) in [5, 5.41) is 7.81. The van der Waals surface area contributed by atoms with Crippen LogP contribution in [-0.2, 0) is 39.4 Å². The summed E-state index contributed by atoms with van der Waals surface area (Å²) in [5.74, 6) is -2.64. The SMILES string of the molecule is C=C(/C=C\C=C/C)C(=O)NC1CCCC1c1[c-]c(Cl)ccc1.CC(=O)Cn1nc(C2CC2)cc1C(C)(F)F.[Cr]. The zero-order chi connectivity index (χ0) is 27.9. The Balaban J connectivity index is 0.000000279. The fourth-order valence-corrected chi connectivity index (χ4v) is 4.68. The molecule has 2 saturated carbocycles. The maximum absolute atomic E-state index is 13.3. The van der Waals surface area contributed by atoms with Gasteiger partial charge in [0.15, 0.2) is 5.78 Å². The molecule has 0 spiro atoms. The third-order valence-electron chi connectivity index (χ3n) is 6.52. The van der Waals surface area contributed by atoms with Crippen molar-refractivity contribution in [3.63, 3.8) is 0 Å². The fraction of sp³-hybridized carbons (Fsp3) is 0.433. The van der Waals surface area contributed by atoms with Crippen molar-refractivity contribution in [3.05, 3.63) is 88.8 Å². The Kier molecular flexibility index (Phi) is 12.4. The number of nitrogens with one attached hydrogen (secondary N) is 1. The first-order valence-corrected chi connectivity index (χ1v) is 13.3. The van der Waals surface area contributed by atoms with Gasteiger partial charge in [-0.1, -0.05) is 42.3 Å². The largest absolute Gasteiger partial charge is 0.349 e. The molecule has 1 amide bonds. The van der Waals surface area contributed by atoms with Crippen LogP contribution in [0, 0.1) is 6.07 Å². The van der Waals surface area contributed by atoms with Gasteiger partial charge in [-0.2, -0.15) is 43.7 Å². The van der Waals surface area contributed by atoms with Crippen molar-refractivity contribution in [2.75, 3.05) is 0 Å². The van der Waals surface area contributed by atoms with E-state index in [1.54, 1.807) is 6.08 Å². The number of Topliss-reactive ketones (excluding diaryl/α,β-unsaturated/α-hetero) is 1. The van der Waals surface area contributed by atoms with Crippen molar-refractivity contribution in [2.24, 2.45) is 0 Å². The molecule has 9 heteroatoms. The number of halogens is 3. The minimum absolute atomic E-state index is 0. The zero-order valence-electron chi connectivity index (χ0n) is 22.6. The van der Waals surface area contributed by atoms with Gasteiger partial charge in [0.2, 0.25) is 0 Å². The van der Waals surface area contributed by atoms with E-state index in [1.165, 1.54) is 13.0 Å². The molecule has 2 atom stereocenters. The predicted octanol–water partition coefficient (Wildman–Crippen LogP) is 7.04. The van der Waals surface area contributed by atoms with E-state index in [1.807, 2.05) is 43.4 Å². The molecule has 1 aromatic carbocycles. The fourth-order valence-electron chi connectivity index (χ4n) is 4.50. The maximum Gasteiger partial charge on any atom is 0.286 e. The molecule has 4 rings (SSSR count). The second kappa shape index (κ2) is 14.7. The summed E-state index contributed by atoms with van der Waals surface area (Å²) in [6.07, 6.45) is 12.4. The van der Waals surface area contributed by atoms with Crippen molar-refractivity contribution in [1.82, 2.24) is 15.1 Å². The molecule has 1 heterocycles. The second-order valence-corrected chi connectivity index (χ2v) is 10.4. The molecule has 210 valence electrons. The van der Waals surface area contributed by atoms with Crippen LogP contribution >= 0.6 is 11.6 Å². The first-order chi connectivity index (χ1) is 18.0. The number of hydrogen-bond acceptors (Lipinski definition) is 3. The van der Waals surface area contributed by atoms with Crippen LogP contribution in [0.25, 0.3) is 0 Å². The number of carbonyl (C=O) groups is 2. The summed E-state index contributed by atoms with van der Waals surface area (Å²) in [5.41, 5.74) is 2.08. The Labute approximate surface area is 245 Å². The van der Waals surface area contributed by atoms with Gasteiger partial charge < -0.3 is 5.32 Å². The molecule has 39 heavy (non-hydrogen) atoms. The molecule has 1 aromatic heterocycles. The third kappa shape index (κ3) is 9.86. The van der Waals surface area contributed by atoms with Gasteiger partial charge in [-0.3, -0.25) is 14.3 Å². The number of ketones is 1. The molecule has 5 nitrogen and oxygen atoms in total. The third-order valence-corrected chi connectivity index (χ3v) is 6.74. The molecule has 2 fully saturated rings. The van der Waals surface area contributed by atoms with Crippen LogP contribution in [0.4, 0.5) is 8.78 Å². The number of rotatable bonds is 9. The minimum Gasteiger partial charge on any atom is -0.349 e. The molecule has 2 aliphatic rings. The number of amides is 1. The number of benzene rings is 1.